The van der Waals surface area contributed by atoms with Gasteiger partial charge < -0.3 is 14.7 Å². The molecule has 5 nitrogen and oxygen atoms in total. The minimum Gasteiger partial charge on any atom is -0.476 e. The Labute approximate surface area is 79.6 Å². The maximum Gasteiger partial charge on any atom is 0.389 e. The average Bonchev–Trinajstić information content (AvgIpc) is 2.68. The predicted octanol–water partition coefficient (Wildman–Crippen LogP) is 0.806. The zero-order valence-corrected chi connectivity index (χ0v) is 7.08. The lowest BCUT2D eigenvalue weighted by molar-refractivity contribution is -0.165. The van der Waals surface area contributed by atoms with Gasteiger partial charge in [-0.25, -0.2) is 4.79 Å². The number of carboxylic acid groups (broad SMARTS) is 1. The molecule has 1 atom stereocenters. The summed E-state index contributed by atoms with van der Waals surface area (Å²) in [6, 6.07) is 8.96. The quantitative estimate of drug-likeness (QED) is 0.754. The van der Waals surface area contributed by atoms with Crippen molar-refractivity contribution in [2.24, 2.45) is 5.16 Å². The van der Waals surface area contributed by atoms with Crippen molar-refractivity contribution in [1.82, 2.24) is 0 Å². The monoisotopic (exact) mass is 193 g/mol. The highest BCUT2D eigenvalue weighted by Gasteiger charge is 2.29. The first-order valence-corrected chi connectivity index (χ1v) is 3.96. The molecule has 0 saturated heterocycles. The van der Waals surface area contributed by atoms with Gasteiger partial charge in [-0.2, -0.15) is 0 Å². The van der Waals surface area contributed by atoms with Crippen molar-refractivity contribution in [3.63, 3.8) is 0 Å². The van der Waals surface area contributed by atoms with Gasteiger partial charge in [-0.15, -0.1) is 0 Å². The highest BCUT2D eigenvalue weighted by atomic mass is 16.8. The molecular weight excluding hydrogens is 186 g/mol. The number of aliphatic carboxylic acids is 1. The lowest BCUT2D eigenvalue weighted by atomic mass is 10.2. The SMILES string of the molecule is O=C(O)C1ON=C(c2ccccc2)O1. The van der Waals surface area contributed by atoms with E-state index < -0.39 is 12.3 Å². The van der Waals surface area contributed by atoms with E-state index in [2.05, 4.69) is 9.99 Å². The first-order valence-electron chi connectivity index (χ1n) is 3.96. The third-order valence-electron chi connectivity index (χ3n) is 1.67. The molecule has 1 aromatic carbocycles. The van der Waals surface area contributed by atoms with Crippen LogP contribution >= 0.6 is 0 Å². The maximum absolute atomic E-state index is 10.5. The van der Waals surface area contributed by atoms with Crippen molar-refractivity contribution in [3.8, 4) is 0 Å². The first-order chi connectivity index (χ1) is 6.77. The Kier molecular flexibility index (Phi) is 2.06. The van der Waals surface area contributed by atoms with Gasteiger partial charge in [0.1, 0.15) is 0 Å². The van der Waals surface area contributed by atoms with Crippen LogP contribution in [0.2, 0.25) is 0 Å². The number of carbonyl (C=O) groups is 1. The van der Waals surface area contributed by atoms with Crippen LogP contribution in [-0.4, -0.2) is 23.3 Å². The zero-order valence-electron chi connectivity index (χ0n) is 7.08. The van der Waals surface area contributed by atoms with Crippen LogP contribution in [0.25, 0.3) is 0 Å². The van der Waals surface area contributed by atoms with Crippen LogP contribution in [0.3, 0.4) is 0 Å². The second-order valence-electron chi connectivity index (χ2n) is 2.66. The van der Waals surface area contributed by atoms with Crippen LogP contribution in [0.4, 0.5) is 0 Å². The molecule has 0 saturated carbocycles. The standard InChI is InChI=1S/C9H7NO4/c11-8(12)9-13-7(10-14-9)6-4-2-1-3-5-6/h1-5,9H,(H,11,12). The number of nitrogens with zero attached hydrogens (tertiary/aromatic N) is 1. The Balaban J connectivity index is 2.13. The van der Waals surface area contributed by atoms with E-state index >= 15 is 0 Å². The smallest absolute Gasteiger partial charge is 0.389 e. The van der Waals surface area contributed by atoms with Crippen molar-refractivity contribution in [1.29, 1.82) is 0 Å². The molecule has 72 valence electrons. The molecule has 1 aliphatic heterocycles. The summed E-state index contributed by atoms with van der Waals surface area (Å²) >= 11 is 0. The number of hydrogen-bond donors (Lipinski definition) is 1. The first kappa shape index (κ1) is 8.55. The highest BCUT2D eigenvalue weighted by Crippen LogP contribution is 2.13. The molecule has 14 heavy (non-hydrogen) atoms. The van der Waals surface area contributed by atoms with Gasteiger partial charge in [0.2, 0.25) is 0 Å². The second kappa shape index (κ2) is 3.37. The van der Waals surface area contributed by atoms with Crippen LogP contribution in [0.1, 0.15) is 5.56 Å². The molecular formula is C9H7NO4. The van der Waals surface area contributed by atoms with E-state index in [1.165, 1.54) is 0 Å². The molecule has 0 fully saturated rings. The molecule has 1 N–H and O–H groups in total. The van der Waals surface area contributed by atoms with Crippen molar-refractivity contribution in [2.45, 2.75) is 6.29 Å². The largest absolute Gasteiger partial charge is 0.476 e. The van der Waals surface area contributed by atoms with Gasteiger partial charge in [-0.1, -0.05) is 18.2 Å². The van der Waals surface area contributed by atoms with Gasteiger partial charge in [0.25, 0.3) is 5.90 Å². The summed E-state index contributed by atoms with van der Waals surface area (Å²) in [7, 11) is 0. The minimum absolute atomic E-state index is 0.193. The van der Waals surface area contributed by atoms with Crippen molar-refractivity contribution in [3.05, 3.63) is 35.9 Å². The number of rotatable bonds is 2. The predicted molar refractivity (Wildman–Crippen MR) is 46.6 cm³/mol. The Hall–Kier alpha value is -2.04. The maximum atomic E-state index is 10.5. The minimum atomic E-state index is -1.33. The van der Waals surface area contributed by atoms with Gasteiger partial charge >= 0.3 is 12.3 Å². The molecule has 1 unspecified atom stereocenters. The number of ether oxygens (including phenoxy) is 1. The van der Waals surface area contributed by atoms with E-state index in [4.69, 9.17) is 9.84 Å². The van der Waals surface area contributed by atoms with Gasteiger partial charge in [0.15, 0.2) is 0 Å². The summed E-state index contributed by atoms with van der Waals surface area (Å²) in [6.45, 7) is 0. The number of carboxylic acids is 1. The van der Waals surface area contributed by atoms with Crippen molar-refractivity contribution >= 4 is 11.9 Å². The van der Waals surface area contributed by atoms with Crippen LogP contribution in [0, 0.1) is 0 Å². The van der Waals surface area contributed by atoms with Crippen molar-refractivity contribution < 1.29 is 19.5 Å². The molecule has 2 rings (SSSR count). The molecule has 0 bridgehead atoms. The number of oxime groups is 1. The van der Waals surface area contributed by atoms with Crippen LogP contribution in [0.5, 0.6) is 0 Å². The lowest BCUT2D eigenvalue weighted by Gasteiger charge is -2.02. The van der Waals surface area contributed by atoms with Crippen LogP contribution < -0.4 is 0 Å². The highest BCUT2D eigenvalue weighted by molar-refractivity contribution is 5.95. The Morgan fingerprint density at radius 3 is 2.64 bits per heavy atom. The van der Waals surface area contributed by atoms with Crippen LogP contribution in [-0.2, 0) is 14.4 Å². The number of benzene rings is 1. The summed E-state index contributed by atoms with van der Waals surface area (Å²) in [5.41, 5.74) is 0.691. The van der Waals surface area contributed by atoms with Gasteiger partial charge in [-0.3, -0.25) is 0 Å². The van der Waals surface area contributed by atoms with E-state index in [9.17, 15) is 4.79 Å². The summed E-state index contributed by atoms with van der Waals surface area (Å²) in [5, 5.41) is 12.1. The topological polar surface area (TPSA) is 68.1 Å². The summed E-state index contributed by atoms with van der Waals surface area (Å²) in [4.78, 5) is 15.0. The molecule has 0 spiro atoms. The molecule has 0 aromatic heterocycles. The van der Waals surface area contributed by atoms with Crippen LogP contribution in [0.15, 0.2) is 35.5 Å². The summed E-state index contributed by atoms with van der Waals surface area (Å²) in [6.07, 6.45) is -1.33. The van der Waals surface area contributed by atoms with E-state index in [0.717, 1.165) is 0 Å². The summed E-state index contributed by atoms with van der Waals surface area (Å²) in [5.74, 6) is -1.00. The van der Waals surface area contributed by atoms with Gasteiger partial charge in [-0.05, 0) is 17.3 Å². The van der Waals surface area contributed by atoms with Gasteiger partial charge in [0.05, 0.1) is 0 Å². The Bertz CT molecular complexity index is 374. The molecule has 0 amide bonds. The molecule has 0 aliphatic carbocycles. The number of hydrogen-bond acceptors (Lipinski definition) is 4. The Morgan fingerprint density at radius 2 is 2.07 bits per heavy atom. The lowest BCUT2D eigenvalue weighted by Crippen LogP contribution is -2.22. The van der Waals surface area contributed by atoms with E-state index in [-0.39, 0.29) is 5.90 Å². The molecule has 1 aromatic rings. The second-order valence-corrected chi connectivity index (χ2v) is 2.66. The van der Waals surface area contributed by atoms with Gasteiger partial charge in [0, 0.05) is 5.56 Å². The normalized spacial score (nSPS) is 19.4. The molecule has 1 heterocycles. The van der Waals surface area contributed by atoms with E-state index in [1.807, 2.05) is 6.07 Å². The third kappa shape index (κ3) is 1.52. The average molecular weight is 193 g/mol. The third-order valence-corrected chi connectivity index (χ3v) is 1.67. The molecule has 0 radical (unpaired) electrons. The fraction of sp³-hybridized carbons (Fsp3) is 0.111. The summed E-state index contributed by atoms with van der Waals surface area (Å²) < 4.78 is 4.94. The Morgan fingerprint density at radius 1 is 1.36 bits per heavy atom. The van der Waals surface area contributed by atoms with Crippen molar-refractivity contribution in [2.75, 3.05) is 0 Å². The fourth-order valence-corrected chi connectivity index (χ4v) is 1.04. The fourth-order valence-electron chi connectivity index (χ4n) is 1.04. The van der Waals surface area contributed by atoms with E-state index in [0.29, 0.717) is 5.56 Å². The molecule has 5 heteroatoms. The molecule has 1 aliphatic rings. The zero-order chi connectivity index (χ0) is 9.97. The van der Waals surface area contributed by atoms with E-state index in [1.54, 1.807) is 24.3 Å².